The molecule has 0 bridgehead atoms. The molecule has 2 rings (SSSR count). The van der Waals surface area contributed by atoms with Gasteiger partial charge < -0.3 is 10.5 Å². The number of nitrogens with two attached hydrogens (primary N) is 1. The maximum absolute atomic E-state index is 5.96. The highest BCUT2D eigenvalue weighted by molar-refractivity contribution is 5.85. The van der Waals surface area contributed by atoms with E-state index >= 15 is 0 Å². The maximum atomic E-state index is 5.96. The largest absolute Gasteiger partial charge is 0.477 e. The number of hydrogen-bond donors (Lipinski definition) is 1. The Morgan fingerprint density at radius 2 is 2.29 bits per heavy atom. The van der Waals surface area contributed by atoms with Crippen molar-refractivity contribution in [3.63, 3.8) is 0 Å². The van der Waals surface area contributed by atoms with E-state index in [0.717, 1.165) is 36.8 Å². The Kier molecular flexibility index (Phi) is 5.72. The van der Waals surface area contributed by atoms with Crippen LogP contribution in [0.1, 0.15) is 31.7 Å². The summed E-state index contributed by atoms with van der Waals surface area (Å²) in [5, 5.41) is 0. The lowest BCUT2D eigenvalue weighted by Crippen LogP contribution is -2.22. The standard InChI is InChI=1S/C13H20N2O.ClH/c1-2-12(14)8-11-4-3-7-15-13(11)16-9-10-5-6-10;/h3-4,7,10,12H,2,5-6,8-9,14H2,1H3;1H. The van der Waals surface area contributed by atoms with Crippen LogP contribution in [-0.4, -0.2) is 17.6 Å². The number of pyridine rings is 1. The fourth-order valence-electron chi connectivity index (χ4n) is 1.62. The molecule has 0 radical (unpaired) electrons. The van der Waals surface area contributed by atoms with Crippen molar-refractivity contribution in [1.82, 2.24) is 4.98 Å². The van der Waals surface area contributed by atoms with Crippen LogP contribution in [0.25, 0.3) is 0 Å². The van der Waals surface area contributed by atoms with E-state index < -0.39 is 0 Å². The Morgan fingerprint density at radius 3 is 2.94 bits per heavy atom. The van der Waals surface area contributed by atoms with Crippen molar-refractivity contribution in [2.24, 2.45) is 11.7 Å². The molecule has 1 fully saturated rings. The van der Waals surface area contributed by atoms with Gasteiger partial charge in [0.25, 0.3) is 0 Å². The quantitative estimate of drug-likeness (QED) is 0.851. The van der Waals surface area contributed by atoms with Gasteiger partial charge in [-0.1, -0.05) is 13.0 Å². The first-order valence-corrected chi connectivity index (χ1v) is 6.12. The summed E-state index contributed by atoms with van der Waals surface area (Å²) < 4.78 is 5.74. The molecular formula is C13H21ClN2O. The van der Waals surface area contributed by atoms with Crippen LogP contribution in [-0.2, 0) is 6.42 Å². The van der Waals surface area contributed by atoms with Crippen LogP contribution in [0.4, 0.5) is 0 Å². The molecule has 3 nitrogen and oxygen atoms in total. The van der Waals surface area contributed by atoms with Gasteiger partial charge in [0, 0.05) is 17.8 Å². The molecule has 17 heavy (non-hydrogen) atoms. The normalized spacial score (nSPS) is 16.1. The van der Waals surface area contributed by atoms with Crippen molar-refractivity contribution in [3.05, 3.63) is 23.9 Å². The fraction of sp³-hybridized carbons (Fsp3) is 0.615. The highest BCUT2D eigenvalue weighted by Gasteiger charge is 2.22. The highest BCUT2D eigenvalue weighted by Crippen LogP contribution is 2.29. The van der Waals surface area contributed by atoms with Gasteiger partial charge in [-0.25, -0.2) is 4.98 Å². The highest BCUT2D eigenvalue weighted by atomic mass is 35.5. The molecule has 96 valence electrons. The first-order chi connectivity index (χ1) is 7.79. The van der Waals surface area contributed by atoms with Crippen molar-refractivity contribution in [2.45, 2.75) is 38.6 Å². The Labute approximate surface area is 109 Å². The van der Waals surface area contributed by atoms with Crippen LogP contribution < -0.4 is 10.5 Å². The van der Waals surface area contributed by atoms with Crippen LogP contribution in [0.15, 0.2) is 18.3 Å². The van der Waals surface area contributed by atoms with Crippen LogP contribution in [0, 0.1) is 5.92 Å². The number of ether oxygens (including phenoxy) is 1. The Balaban J connectivity index is 0.00000144. The number of halogens is 1. The van der Waals surface area contributed by atoms with Gasteiger partial charge >= 0.3 is 0 Å². The first kappa shape index (κ1) is 14.3. The SMILES string of the molecule is CCC(N)Cc1cccnc1OCC1CC1.Cl. The Hall–Kier alpha value is -0.800. The number of hydrogen-bond acceptors (Lipinski definition) is 3. The molecular weight excluding hydrogens is 236 g/mol. The minimum absolute atomic E-state index is 0. The molecule has 1 aromatic rings. The van der Waals surface area contributed by atoms with Crippen LogP contribution in [0.3, 0.4) is 0 Å². The molecule has 0 saturated heterocycles. The molecule has 1 aliphatic carbocycles. The molecule has 2 N–H and O–H groups in total. The second-order valence-electron chi connectivity index (χ2n) is 4.59. The van der Waals surface area contributed by atoms with Gasteiger partial charge in [0.05, 0.1) is 6.61 Å². The van der Waals surface area contributed by atoms with Crippen LogP contribution in [0.5, 0.6) is 5.88 Å². The summed E-state index contributed by atoms with van der Waals surface area (Å²) in [5.74, 6) is 1.54. The summed E-state index contributed by atoms with van der Waals surface area (Å²) in [5.41, 5.74) is 7.10. The van der Waals surface area contributed by atoms with Crippen molar-refractivity contribution >= 4 is 12.4 Å². The van der Waals surface area contributed by atoms with Crippen LogP contribution in [0.2, 0.25) is 0 Å². The lowest BCUT2D eigenvalue weighted by Gasteiger charge is -2.12. The summed E-state index contributed by atoms with van der Waals surface area (Å²) in [6, 6.07) is 4.21. The van der Waals surface area contributed by atoms with Gasteiger partial charge in [0.2, 0.25) is 5.88 Å². The zero-order valence-electron chi connectivity index (χ0n) is 10.3. The lowest BCUT2D eigenvalue weighted by atomic mass is 10.1. The zero-order chi connectivity index (χ0) is 11.4. The third-order valence-electron chi connectivity index (χ3n) is 3.01. The second-order valence-corrected chi connectivity index (χ2v) is 4.59. The third-order valence-corrected chi connectivity index (χ3v) is 3.01. The van der Waals surface area contributed by atoms with Gasteiger partial charge in [0.15, 0.2) is 0 Å². The smallest absolute Gasteiger partial charge is 0.216 e. The monoisotopic (exact) mass is 256 g/mol. The van der Waals surface area contributed by atoms with E-state index in [1.165, 1.54) is 12.8 Å². The molecule has 4 heteroatoms. The predicted molar refractivity (Wildman–Crippen MR) is 71.7 cm³/mol. The summed E-state index contributed by atoms with van der Waals surface area (Å²) in [4.78, 5) is 4.29. The van der Waals surface area contributed by atoms with E-state index in [9.17, 15) is 0 Å². The number of rotatable bonds is 6. The summed E-state index contributed by atoms with van der Waals surface area (Å²) in [6.07, 6.45) is 6.22. The van der Waals surface area contributed by atoms with Crippen molar-refractivity contribution < 1.29 is 4.74 Å². The molecule has 1 saturated carbocycles. The predicted octanol–water partition coefficient (Wildman–Crippen LogP) is 2.57. The topological polar surface area (TPSA) is 48.1 Å². The molecule has 1 aliphatic rings. The molecule has 1 heterocycles. The minimum atomic E-state index is 0. The van der Waals surface area contributed by atoms with Gasteiger partial charge in [0.1, 0.15) is 0 Å². The van der Waals surface area contributed by atoms with E-state index in [0.29, 0.717) is 0 Å². The van der Waals surface area contributed by atoms with Gasteiger partial charge in [-0.2, -0.15) is 0 Å². The minimum Gasteiger partial charge on any atom is -0.477 e. The number of nitrogens with zero attached hydrogens (tertiary/aromatic N) is 1. The van der Waals surface area contributed by atoms with Crippen molar-refractivity contribution in [3.8, 4) is 5.88 Å². The van der Waals surface area contributed by atoms with E-state index in [-0.39, 0.29) is 18.4 Å². The van der Waals surface area contributed by atoms with E-state index in [1.54, 1.807) is 6.20 Å². The number of aromatic nitrogens is 1. The fourth-order valence-corrected chi connectivity index (χ4v) is 1.62. The zero-order valence-corrected chi connectivity index (χ0v) is 11.1. The van der Waals surface area contributed by atoms with E-state index in [4.69, 9.17) is 10.5 Å². The molecule has 1 unspecified atom stereocenters. The van der Waals surface area contributed by atoms with Crippen LogP contribution >= 0.6 is 12.4 Å². The Bertz CT molecular complexity index is 342. The van der Waals surface area contributed by atoms with Gasteiger partial charge in [-0.05, 0) is 37.7 Å². The first-order valence-electron chi connectivity index (χ1n) is 6.12. The molecule has 0 spiro atoms. The maximum Gasteiger partial charge on any atom is 0.216 e. The lowest BCUT2D eigenvalue weighted by molar-refractivity contribution is 0.284. The molecule has 1 atom stereocenters. The molecule has 0 aliphatic heterocycles. The van der Waals surface area contributed by atoms with Crippen molar-refractivity contribution in [2.75, 3.05) is 6.61 Å². The van der Waals surface area contributed by atoms with Gasteiger partial charge in [-0.15, -0.1) is 12.4 Å². The van der Waals surface area contributed by atoms with E-state index in [1.807, 2.05) is 6.07 Å². The summed E-state index contributed by atoms with van der Waals surface area (Å²) >= 11 is 0. The Morgan fingerprint density at radius 1 is 1.53 bits per heavy atom. The molecule has 0 amide bonds. The second kappa shape index (κ2) is 6.82. The summed E-state index contributed by atoms with van der Waals surface area (Å²) in [7, 11) is 0. The summed E-state index contributed by atoms with van der Waals surface area (Å²) in [6.45, 7) is 2.91. The third kappa shape index (κ3) is 4.52. The molecule has 1 aromatic heterocycles. The molecule has 0 aromatic carbocycles. The van der Waals surface area contributed by atoms with Crippen molar-refractivity contribution in [1.29, 1.82) is 0 Å². The van der Waals surface area contributed by atoms with E-state index in [2.05, 4.69) is 18.0 Å². The average molecular weight is 257 g/mol. The average Bonchev–Trinajstić information content (AvgIpc) is 3.11. The van der Waals surface area contributed by atoms with Gasteiger partial charge in [-0.3, -0.25) is 0 Å².